The molecule has 128 valence electrons. The molecular formula is C21H15ClFN3. The monoisotopic (exact) mass is 363 g/mol. The number of aromatic nitrogens is 3. The van der Waals surface area contributed by atoms with Crippen LogP contribution in [0.5, 0.6) is 0 Å². The van der Waals surface area contributed by atoms with Crippen molar-refractivity contribution in [3.63, 3.8) is 0 Å². The molecule has 0 spiro atoms. The summed E-state index contributed by atoms with van der Waals surface area (Å²) in [4.78, 5) is 4.38. The molecule has 0 fully saturated rings. The first-order chi connectivity index (χ1) is 12.7. The summed E-state index contributed by atoms with van der Waals surface area (Å²) in [6, 6.07) is 14.7. The summed E-state index contributed by atoms with van der Waals surface area (Å²) in [5.74, 6) is -0.310. The normalized spacial score (nSPS) is 13.3. The summed E-state index contributed by atoms with van der Waals surface area (Å²) >= 11 is 6.13. The molecule has 4 aromatic rings. The molecule has 0 atom stereocenters. The Kier molecular flexibility index (Phi) is 3.54. The molecule has 3 nitrogen and oxygen atoms in total. The fourth-order valence-corrected chi connectivity index (χ4v) is 3.91. The van der Waals surface area contributed by atoms with Gasteiger partial charge >= 0.3 is 0 Å². The van der Waals surface area contributed by atoms with E-state index in [-0.39, 0.29) is 5.82 Å². The summed E-state index contributed by atoms with van der Waals surface area (Å²) in [5.41, 5.74) is 5.22. The highest BCUT2D eigenvalue weighted by molar-refractivity contribution is 6.30. The second-order valence-corrected chi connectivity index (χ2v) is 6.97. The van der Waals surface area contributed by atoms with Crippen LogP contribution in [0.4, 0.5) is 4.39 Å². The number of halogens is 2. The third-order valence-electron chi connectivity index (χ3n) is 4.92. The van der Waals surface area contributed by atoms with Crippen LogP contribution in [-0.4, -0.2) is 14.8 Å². The van der Waals surface area contributed by atoms with Crippen molar-refractivity contribution in [3.8, 4) is 22.4 Å². The average molecular weight is 364 g/mol. The van der Waals surface area contributed by atoms with E-state index >= 15 is 0 Å². The van der Waals surface area contributed by atoms with Crippen molar-refractivity contribution >= 4 is 22.5 Å². The molecule has 0 unspecified atom stereocenters. The topological polar surface area (TPSA) is 30.7 Å². The van der Waals surface area contributed by atoms with E-state index in [2.05, 4.69) is 11.1 Å². The average Bonchev–Trinajstić information content (AvgIpc) is 3.24. The first kappa shape index (κ1) is 15.5. The molecule has 0 bridgehead atoms. The van der Waals surface area contributed by atoms with E-state index in [0.29, 0.717) is 16.3 Å². The number of fused-ring (bicyclic) bond motifs is 2. The number of benzene rings is 2. The van der Waals surface area contributed by atoms with Gasteiger partial charge in [-0.1, -0.05) is 23.7 Å². The Morgan fingerprint density at radius 3 is 2.92 bits per heavy atom. The minimum Gasteiger partial charge on any atom is -0.268 e. The second-order valence-electron chi connectivity index (χ2n) is 6.53. The zero-order valence-electron chi connectivity index (χ0n) is 13.9. The minimum absolute atomic E-state index is 0.310. The molecule has 0 amide bonds. The Labute approximate surface area is 155 Å². The third kappa shape index (κ3) is 2.41. The van der Waals surface area contributed by atoms with Crippen LogP contribution in [0.25, 0.3) is 33.3 Å². The van der Waals surface area contributed by atoms with Gasteiger partial charge < -0.3 is 0 Å². The lowest BCUT2D eigenvalue weighted by Crippen LogP contribution is -1.94. The van der Waals surface area contributed by atoms with Gasteiger partial charge in [-0.15, -0.1) is 0 Å². The Morgan fingerprint density at radius 1 is 1.08 bits per heavy atom. The van der Waals surface area contributed by atoms with Crippen molar-refractivity contribution < 1.29 is 4.39 Å². The van der Waals surface area contributed by atoms with Gasteiger partial charge in [-0.25, -0.2) is 4.39 Å². The molecular weight excluding hydrogens is 349 g/mol. The lowest BCUT2D eigenvalue weighted by atomic mass is 9.96. The minimum atomic E-state index is -0.310. The van der Waals surface area contributed by atoms with E-state index in [0.717, 1.165) is 47.1 Å². The molecule has 0 aliphatic carbocycles. The van der Waals surface area contributed by atoms with E-state index in [1.807, 2.05) is 28.9 Å². The predicted octanol–water partition coefficient (Wildman–Crippen LogP) is 5.50. The van der Waals surface area contributed by atoms with Gasteiger partial charge in [0.1, 0.15) is 11.5 Å². The van der Waals surface area contributed by atoms with Crippen molar-refractivity contribution in [2.75, 3.05) is 0 Å². The van der Waals surface area contributed by atoms with Crippen molar-refractivity contribution in [1.29, 1.82) is 0 Å². The van der Waals surface area contributed by atoms with Crippen molar-refractivity contribution in [1.82, 2.24) is 14.8 Å². The molecule has 0 saturated heterocycles. The van der Waals surface area contributed by atoms with Crippen LogP contribution in [0.3, 0.4) is 0 Å². The maximum atomic E-state index is 14.5. The predicted molar refractivity (Wildman–Crippen MR) is 102 cm³/mol. The molecule has 0 N–H and O–H groups in total. The quantitative estimate of drug-likeness (QED) is 0.470. The van der Waals surface area contributed by atoms with E-state index < -0.39 is 0 Å². The lowest BCUT2D eigenvalue weighted by Gasteiger charge is -2.08. The molecule has 2 aromatic carbocycles. The van der Waals surface area contributed by atoms with Gasteiger partial charge in [0.15, 0.2) is 0 Å². The molecule has 1 aliphatic heterocycles. The summed E-state index contributed by atoms with van der Waals surface area (Å²) in [5, 5.41) is 6.28. The first-order valence-electron chi connectivity index (χ1n) is 8.61. The molecule has 0 saturated carbocycles. The second kappa shape index (κ2) is 5.92. The zero-order valence-corrected chi connectivity index (χ0v) is 14.7. The number of rotatable bonds is 2. The largest absolute Gasteiger partial charge is 0.268 e. The number of pyridine rings is 1. The van der Waals surface area contributed by atoms with Crippen LogP contribution in [0.1, 0.15) is 12.1 Å². The summed E-state index contributed by atoms with van der Waals surface area (Å²) in [6.45, 7) is 0.861. The Balaban J connectivity index is 1.78. The summed E-state index contributed by atoms with van der Waals surface area (Å²) in [6.07, 6.45) is 3.78. The Hall–Kier alpha value is -2.72. The molecule has 26 heavy (non-hydrogen) atoms. The van der Waals surface area contributed by atoms with Crippen LogP contribution in [0.15, 0.2) is 54.7 Å². The van der Waals surface area contributed by atoms with E-state index in [4.69, 9.17) is 16.7 Å². The number of nitrogens with zero attached hydrogens (tertiary/aromatic N) is 3. The zero-order chi connectivity index (χ0) is 17.7. The van der Waals surface area contributed by atoms with E-state index in [1.165, 1.54) is 6.07 Å². The van der Waals surface area contributed by atoms with Crippen molar-refractivity contribution in [3.05, 3.63) is 71.3 Å². The van der Waals surface area contributed by atoms with Gasteiger partial charge in [0.05, 0.1) is 5.52 Å². The van der Waals surface area contributed by atoms with Gasteiger partial charge in [-0.3, -0.25) is 9.67 Å². The van der Waals surface area contributed by atoms with Gasteiger partial charge in [0.25, 0.3) is 0 Å². The van der Waals surface area contributed by atoms with E-state index in [9.17, 15) is 4.39 Å². The first-order valence-corrected chi connectivity index (χ1v) is 8.99. The Bertz CT molecular complexity index is 1150. The van der Waals surface area contributed by atoms with E-state index in [1.54, 1.807) is 18.3 Å². The molecule has 1 aliphatic rings. The molecule has 3 heterocycles. The number of hydrogen-bond donors (Lipinski definition) is 0. The highest BCUT2D eigenvalue weighted by atomic mass is 35.5. The van der Waals surface area contributed by atoms with Gasteiger partial charge in [-0.2, -0.15) is 5.10 Å². The SMILES string of the molecule is Fc1ccc(Cl)cc1-c1nn2c(c1-c1ccc3ncccc3c1)CCC2. The van der Waals surface area contributed by atoms with Gasteiger partial charge in [0, 0.05) is 40.0 Å². The lowest BCUT2D eigenvalue weighted by molar-refractivity contribution is 0.627. The molecule has 5 rings (SSSR count). The van der Waals surface area contributed by atoms with Crippen LogP contribution < -0.4 is 0 Å². The molecule has 2 aromatic heterocycles. The summed E-state index contributed by atoms with van der Waals surface area (Å²) < 4.78 is 16.5. The van der Waals surface area contributed by atoms with Crippen LogP contribution in [0.2, 0.25) is 5.02 Å². The fourth-order valence-electron chi connectivity index (χ4n) is 3.73. The van der Waals surface area contributed by atoms with Crippen molar-refractivity contribution in [2.24, 2.45) is 0 Å². The molecule has 5 heteroatoms. The standard InChI is InChI=1S/C21H15ClFN3/c22-15-6-7-17(23)16(12-15)21-20(19-4-2-10-26(19)25-21)14-5-8-18-13(11-14)3-1-9-24-18/h1,3,5-9,11-12H,2,4,10H2. The maximum absolute atomic E-state index is 14.5. The maximum Gasteiger partial charge on any atom is 0.132 e. The van der Waals surface area contributed by atoms with Gasteiger partial charge in [0.2, 0.25) is 0 Å². The van der Waals surface area contributed by atoms with Crippen LogP contribution in [0, 0.1) is 5.82 Å². The highest BCUT2D eigenvalue weighted by Crippen LogP contribution is 2.39. The number of hydrogen-bond acceptors (Lipinski definition) is 2. The van der Waals surface area contributed by atoms with Crippen molar-refractivity contribution in [2.45, 2.75) is 19.4 Å². The fraction of sp³-hybridized carbons (Fsp3) is 0.143. The van der Waals surface area contributed by atoms with Gasteiger partial charge in [-0.05, 0) is 54.8 Å². The third-order valence-corrected chi connectivity index (χ3v) is 5.15. The molecule has 0 radical (unpaired) electrons. The Morgan fingerprint density at radius 2 is 2.00 bits per heavy atom. The smallest absolute Gasteiger partial charge is 0.132 e. The summed E-state index contributed by atoms with van der Waals surface area (Å²) in [7, 11) is 0. The highest BCUT2D eigenvalue weighted by Gasteiger charge is 2.25. The van der Waals surface area contributed by atoms with Crippen LogP contribution in [-0.2, 0) is 13.0 Å². The number of aryl methyl sites for hydroxylation is 1. The van der Waals surface area contributed by atoms with Crippen LogP contribution >= 0.6 is 11.6 Å².